The molecule has 0 fully saturated rings. The van der Waals surface area contributed by atoms with Gasteiger partial charge in [0.1, 0.15) is 12.2 Å². The van der Waals surface area contributed by atoms with Crippen LogP contribution in [0.2, 0.25) is 0 Å². The van der Waals surface area contributed by atoms with E-state index in [0.717, 1.165) is 32.1 Å². The summed E-state index contributed by atoms with van der Waals surface area (Å²) < 4.78 is 0. The fourth-order valence-corrected chi connectivity index (χ4v) is 5.27. The first-order valence-corrected chi connectivity index (χ1v) is 16.9. The van der Waals surface area contributed by atoms with E-state index in [-0.39, 0.29) is 0 Å². The molecule has 0 radical (unpaired) electrons. The molecule has 0 aliphatic heterocycles. The maximum Gasteiger partial charge on any atom is 0.249 e. The number of rotatable bonds is 30. The standard InChI is InChI=1S/C33H67NO5/c1-3-5-7-8-9-10-11-12-13-14-15-16-17-18-19-20-21-22-23-24-25-27-31(37)33(39)34-29(28-35)32(38)30(36)26-6-4-2/h29-32,35-38H,3-28H2,1-2H3,(H,34,39). The van der Waals surface area contributed by atoms with E-state index in [1.54, 1.807) is 0 Å². The molecule has 0 aliphatic carbocycles. The number of carbonyl (C=O) groups is 1. The smallest absolute Gasteiger partial charge is 0.249 e. The summed E-state index contributed by atoms with van der Waals surface area (Å²) in [5.41, 5.74) is 0. The first kappa shape index (κ1) is 38.3. The van der Waals surface area contributed by atoms with Gasteiger partial charge in [-0.15, -0.1) is 0 Å². The van der Waals surface area contributed by atoms with Crippen molar-refractivity contribution in [3.63, 3.8) is 0 Å². The average Bonchev–Trinajstić information content (AvgIpc) is 2.94. The lowest BCUT2D eigenvalue weighted by molar-refractivity contribution is -0.132. The van der Waals surface area contributed by atoms with Crippen LogP contribution >= 0.6 is 0 Å². The molecule has 5 N–H and O–H groups in total. The molecule has 39 heavy (non-hydrogen) atoms. The van der Waals surface area contributed by atoms with Crippen molar-refractivity contribution in [3.05, 3.63) is 0 Å². The van der Waals surface area contributed by atoms with Gasteiger partial charge in [0.15, 0.2) is 0 Å². The van der Waals surface area contributed by atoms with E-state index in [4.69, 9.17) is 0 Å². The highest BCUT2D eigenvalue weighted by atomic mass is 16.3. The number of aliphatic hydroxyl groups is 4. The molecule has 0 aromatic carbocycles. The van der Waals surface area contributed by atoms with Crippen LogP contribution in [-0.4, -0.2) is 57.3 Å². The van der Waals surface area contributed by atoms with Gasteiger partial charge in [-0.2, -0.15) is 0 Å². The van der Waals surface area contributed by atoms with Crippen LogP contribution in [0.25, 0.3) is 0 Å². The van der Waals surface area contributed by atoms with E-state index in [0.29, 0.717) is 12.8 Å². The van der Waals surface area contributed by atoms with Crippen LogP contribution in [0, 0.1) is 0 Å². The normalized spacial score (nSPS) is 14.7. The molecule has 0 heterocycles. The lowest BCUT2D eigenvalue weighted by Crippen LogP contribution is -2.53. The topological polar surface area (TPSA) is 110 Å². The lowest BCUT2D eigenvalue weighted by atomic mass is 10.0. The van der Waals surface area contributed by atoms with Crippen LogP contribution in [-0.2, 0) is 4.79 Å². The van der Waals surface area contributed by atoms with Gasteiger partial charge in [0.25, 0.3) is 0 Å². The zero-order chi connectivity index (χ0) is 29.0. The van der Waals surface area contributed by atoms with E-state index < -0.39 is 36.9 Å². The zero-order valence-corrected chi connectivity index (χ0v) is 25.9. The molecule has 0 aromatic heterocycles. The summed E-state index contributed by atoms with van der Waals surface area (Å²) >= 11 is 0. The SMILES string of the molecule is CCCCCCCCCCCCCCCCCCCCCCCC(O)C(=O)NC(CO)C(O)C(O)CCCC. The van der Waals surface area contributed by atoms with Crippen molar-refractivity contribution in [2.45, 2.75) is 199 Å². The average molecular weight is 558 g/mol. The second-order valence-corrected chi connectivity index (χ2v) is 11.9. The van der Waals surface area contributed by atoms with Crippen molar-refractivity contribution in [1.82, 2.24) is 5.32 Å². The van der Waals surface area contributed by atoms with Crippen LogP contribution in [0.1, 0.15) is 174 Å². The van der Waals surface area contributed by atoms with Crippen molar-refractivity contribution in [2.75, 3.05) is 6.61 Å². The third kappa shape index (κ3) is 23.7. The Morgan fingerprint density at radius 2 is 0.897 bits per heavy atom. The molecule has 6 nitrogen and oxygen atoms in total. The minimum atomic E-state index is -1.25. The largest absolute Gasteiger partial charge is 0.394 e. The minimum absolute atomic E-state index is 0.373. The van der Waals surface area contributed by atoms with Gasteiger partial charge in [0.05, 0.1) is 18.8 Å². The highest BCUT2D eigenvalue weighted by Gasteiger charge is 2.28. The monoisotopic (exact) mass is 558 g/mol. The Morgan fingerprint density at radius 3 is 1.26 bits per heavy atom. The first-order chi connectivity index (χ1) is 19.0. The van der Waals surface area contributed by atoms with Crippen LogP contribution < -0.4 is 5.32 Å². The maximum atomic E-state index is 12.2. The lowest BCUT2D eigenvalue weighted by Gasteiger charge is -2.27. The van der Waals surface area contributed by atoms with Gasteiger partial charge in [-0.25, -0.2) is 0 Å². The van der Waals surface area contributed by atoms with E-state index in [1.807, 2.05) is 6.92 Å². The number of aliphatic hydroxyl groups excluding tert-OH is 4. The first-order valence-electron chi connectivity index (χ1n) is 16.9. The third-order valence-electron chi connectivity index (χ3n) is 8.07. The summed E-state index contributed by atoms with van der Waals surface area (Å²) in [5.74, 6) is -0.594. The van der Waals surface area contributed by atoms with Crippen molar-refractivity contribution < 1.29 is 25.2 Å². The fourth-order valence-electron chi connectivity index (χ4n) is 5.27. The number of nitrogens with one attached hydrogen (secondary N) is 1. The summed E-state index contributed by atoms with van der Waals surface area (Å²) in [6.45, 7) is 3.78. The van der Waals surface area contributed by atoms with Crippen LogP contribution in [0.3, 0.4) is 0 Å². The third-order valence-corrected chi connectivity index (χ3v) is 8.07. The fraction of sp³-hybridized carbons (Fsp3) is 0.970. The van der Waals surface area contributed by atoms with Gasteiger partial charge < -0.3 is 25.7 Å². The number of amides is 1. The van der Waals surface area contributed by atoms with Crippen molar-refractivity contribution >= 4 is 5.91 Å². The van der Waals surface area contributed by atoms with Crippen molar-refractivity contribution in [1.29, 1.82) is 0 Å². The molecule has 0 saturated carbocycles. The summed E-state index contributed by atoms with van der Waals surface area (Å²) in [7, 11) is 0. The van der Waals surface area contributed by atoms with Crippen LogP contribution in [0.15, 0.2) is 0 Å². The van der Waals surface area contributed by atoms with Crippen molar-refractivity contribution in [3.8, 4) is 0 Å². The Bertz CT molecular complexity index is 518. The van der Waals surface area contributed by atoms with Gasteiger partial charge in [-0.05, 0) is 12.8 Å². The van der Waals surface area contributed by atoms with Crippen molar-refractivity contribution in [2.24, 2.45) is 0 Å². The maximum absolute atomic E-state index is 12.2. The van der Waals surface area contributed by atoms with Gasteiger partial charge in [0, 0.05) is 0 Å². The Morgan fingerprint density at radius 1 is 0.538 bits per heavy atom. The Labute approximate surface area is 241 Å². The minimum Gasteiger partial charge on any atom is -0.394 e. The Kier molecular flexibility index (Phi) is 28.3. The second kappa shape index (κ2) is 28.8. The van der Waals surface area contributed by atoms with E-state index in [9.17, 15) is 25.2 Å². The second-order valence-electron chi connectivity index (χ2n) is 11.9. The number of unbranched alkanes of at least 4 members (excludes halogenated alkanes) is 21. The molecule has 234 valence electrons. The predicted octanol–water partition coefficient (Wildman–Crippen LogP) is 7.34. The summed E-state index contributed by atoms with van der Waals surface area (Å²) in [6, 6.07) is -0.973. The molecule has 0 saturated heterocycles. The molecular weight excluding hydrogens is 490 g/mol. The van der Waals surface area contributed by atoms with Crippen LogP contribution in [0.5, 0.6) is 0 Å². The molecule has 4 atom stereocenters. The number of hydrogen-bond donors (Lipinski definition) is 5. The number of hydrogen-bond acceptors (Lipinski definition) is 5. The molecule has 0 aromatic rings. The summed E-state index contributed by atoms with van der Waals surface area (Å²) in [5, 5.41) is 42.3. The molecule has 0 rings (SSSR count). The molecule has 6 heteroatoms. The Hall–Kier alpha value is -0.690. The molecule has 0 aliphatic rings. The summed E-state index contributed by atoms with van der Waals surface area (Å²) in [4.78, 5) is 12.2. The molecule has 0 spiro atoms. The molecule has 4 unspecified atom stereocenters. The van der Waals surface area contributed by atoms with Gasteiger partial charge in [-0.3, -0.25) is 4.79 Å². The van der Waals surface area contributed by atoms with E-state index >= 15 is 0 Å². The van der Waals surface area contributed by atoms with Crippen LogP contribution in [0.4, 0.5) is 0 Å². The highest BCUT2D eigenvalue weighted by molar-refractivity contribution is 5.80. The summed E-state index contributed by atoms with van der Waals surface area (Å²) in [6.07, 6.45) is 26.7. The highest BCUT2D eigenvalue weighted by Crippen LogP contribution is 2.16. The van der Waals surface area contributed by atoms with Gasteiger partial charge in [0.2, 0.25) is 5.91 Å². The predicted molar refractivity (Wildman–Crippen MR) is 164 cm³/mol. The van der Waals surface area contributed by atoms with E-state index in [1.165, 1.54) is 116 Å². The molecule has 0 bridgehead atoms. The number of carbonyl (C=O) groups excluding carboxylic acids is 1. The van der Waals surface area contributed by atoms with E-state index in [2.05, 4.69) is 12.2 Å². The molecule has 1 amide bonds. The quantitative estimate of drug-likeness (QED) is 0.0594. The zero-order valence-electron chi connectivity index (χ0n) is 25.9. The molecular formula is C33H67NO5. The van der Waals surface area contributed by atoms with Gasteiger partial charge >= 0.3 is 0 Å². The van der Waals surface area contributed by atoms with Gasteiger partial charge in [-0.1, -0.05) is 162 Å². The Balaban J connectivity index is 3.52.